The Morgan fingerprint density at radius 3 is 2.45 bits per heavy atom. The zero-order chi connectivity index (χ0) is 21.2. The van der Waals surface area contributed by atoms with E-state index in [1.807, 2.05) is 26.8 Å². The van der Waals surface area contributed by atoms with E-state index in [1.54, 1.807) is 7.11 Å². The molecule has 3 heteroatoms. The molecule has 0 saturated carbocycles. The summed E-state index contributed by atoms with van der Waals surface area (Å²) in [6, 6.07) is 12.7. The number of benzene rings is 2. The number of carbonyl (C=O) groups is 1. The molecule has 2 aromatic carbocycles. The van der Waals surface area contributed by atoms with Crippen molar-refractivity contribution in [3.8, 4) is 11.5 Å². The monoisotopic (exact) mass is 394 g/mol. The van der Waals surface area contributed by atoms with Gasteiger partial charge < -0.3 is 9.47 Å². The minimum Gasteiger partial charge on any atom is -0.497 e. The molecule has 0 bridgehead atoms. The second kappa shape index (κ2) is 8.61. The molecule has 1 aliphatic rings. The number of esters is 1. The third-order valence-electron chi connectivity index (χ3n) is 5.65. The lowest BCUT2D eigenvalue weighted by atomic mass is 9.78. The van der Waals surface area contributed by atoms with Gasteiger partial charge in [0.15, 0.2) is 0 Å². The number of hydrogen-bond acceptors (Lipinski definition) is 3. The van der Waals surface area contributed by atoms with Crippen molar-refractivity contribution in [2.45, 2.75) is 66.2 Å². The van der Waals surface area contributed by atoms with Crippen molar-refractivity contribution in [2.24, 2.45) is 11.3 Å². The lowest BCUT2D eigenvalue weighted by molar-refractivity contribution is -0.143. The summed E-state index contributed by atoms with van der Waals surface area (Å²) in [7, 11) is 1.73. The van der Waals surface area contributed by atoms with Gasteiger partial charge in [-0.1, -0.05) is 26.0 Å². The number of carbonyl (C=O) groups excluding carboxylic acids is 1. The van der Waals surface area contributed by atoms with Crippen molar-refractivity contribution >= 4 is 5.97 Å². The van der Waals surface area contributed by atoms with E-state index in [0.29, 0.717) is 17.6 Å². The summed E-state index contributed by atoms with van der Waals surface area (Å²) in [5.41, 5.74) is 5.03. The van der Waals surface area contributed by atoms with Crippen LogP contribution in [0, 0.1) is 11.3 Å². The van der Waals surface area contributed by atoms with E-state index >= 15 is 0 Å². The summed E-state index contributed by atoms with van der Waals surface area (Å²) >= 11 is 0. The SMILES string of the molecule is COc1ccc(C2CCc3cc(OC(=O)C(C)(C)C)ccc3C2)c(CC(C)C)c1. The average molecular weight is 395 g/mol. The van der Waals surface area contributed by atoms with Gasteiger partial charge in [-0.25, -0.2) is 0 Å². The summed E-state index contributed by atoms with van der Waals surface area (Å²) in [6.45, 7) is 10.2. The summed E-state index contributed by atoms with van der Waals surface area (Å²) in [4.78, 5) is 12.2. The Kier molecular flexibility index (Phi) is 6.36. The molecule has 2 aromatic rings. The highest BCUT2D eigenvalue weighted by Gasteiger charge is 2.26. The number of aryl methyl sites for hydroxylation is 1. The summed E-state index contributed by atoms with van der Waals surface area (Å²) in [5, 5.41) is 0. The quantitative estimate of drug-likeness (QED) is 0.453. The van der Waals surface area contributed by atoms with Crippen molar-refractivity contribution < 1.29 is 14.3 Å². The fourth-order valence-corrected chi connectivity index (χ4v) is 4.04. The van der Waals surface area contributed by atoms with E-state index in [1.165, 1.54) is 22.3 Å². The first-order valence-corrected chi connectivity index (χ1v) is 10.7. The Bertz CT molecular complexity index is 874. The van der Waals surface area contributed by atoms with Crippen LogP contribution < -0.4 is 9.47 Å². The van der Waals surface area contributed by atoms with Crippen molar-refractivity contribution in [1.29, 1.82) is 0 Å². The average Bonchev–Trinajstić information content (AvgIpc) is 2.66. The lowest BCUT2D eigenvalue weighted by Crippen LogP contribution is -2.25. The zero-order valence-corrected chi connectivity index (χ0v) is 18.7. The third-order valence-corrected chi connectivity index (χ3v) is 5.65. The van der Waals surface area contributed by atoms with Crippen LogP contribution in [0.5, 0.6) is 11.5 Å². The Hall–Kier alpha value is -2.29. The molecule has 0 aliphatic heterocycles. The van der Waals surface area contributed by atoms with E-state index in [2.05, 4.69) is 44.2 Å². The molecule has 0 aromatic heterocycles. The van der Waals surface area contributed by atoms with Crippen LogP contribution in [-0.2, 0) is 24.1 Å². The van der Waals surface area contributed by atoms with Crippen molar-refractivity contribution in [2.75, 3.05) is 7.11 Å². The van der Waals surface area contributed by atoms with Crippen molar-refractivity contribution in [1.82, 2.24) is 0 Å². The second-order valence-electron chi connectivity index (χ2n) is 9.67. The molecule has 3 nitrogen and oxygen atoms in total. The van der Waals surface area contributed by atoms with Crippen molar-refractivity contribution in [3.05, 3.63) is 58.7 Å². The van der Waals surface area contributed by atoms with Crippen LogP contribution >= 0.6 is 0 Å². The van der Waals surface area contributed by atoms with Gasteiger partial charge in [0.05, 0.1) is 12.5 Å². The molecule has 1 atom stereocenters. The summed E-state index contributed by atoms with van der Waals surface area (Å²) in [5.74, 6) is 2.53. The van der Waals surface area contributed by atoms with E-state index in [4.69, 9.17) is 9.47 Å². The Morgan fingerprint density at radius 2 is 1.79 bits per heavy atom. The first-order valence-electron chi connectivity index (χ1n) is 10.7. The number of ether oxygens (including phenoxy) is 2. The molecule has 0 fully saturated rings. The fraction of sp³-hybridized carbons (Fsp3) is 0.500. The van der Waals surface area contributed by atoms with Gasteiger partial charge in [0.25, 0.3) is 0 Å². The summed E-state index contributed by atoms with van der Waals surface area (Å²) < 4.78 is 11.1. The van der Waals surface area contributed by atoms with Gasteiger partial charge in [0, 0.05) is 0 Å². The molecule has 0 N–H and O–H groups in total. The third kappa shape index (κ3) is 5.20. The molecule has 0 saturated heterocycles. The van der Waals surface area contributed by atoms with Gasteiger partial charge in [0.2, 0.25) is 0 Å². The molecular weight excluding hydrogens is 360 g/mol. The maximum Gasteiger partial charge on any atom is 0.316 e. The van der Waals surface area contributed by atoms with E-state index < -0.39 is 5.41 Å². The van der Waals surface area contributed by atoms with Crippen LogP contribution in [0.15, 0.2) is 36.4 Å². The molecule has 29 heavy (non-hydrogen) atoms. The molecular formula is C26H34O3. The van der Waals surface area contributed by atoms with Crippen LogP contribution in [0.4, 0.5) is 0 Å². The molecule has 1 unspecified atom stereocenters. The Labute approximate surface area is 175 Å². The Balaban J connectivity index is 1.80. The predicted molar refractivity (Wildman–Crippen MR) is 118 cm³/mol. The highest BCUT2D eigenvalue weighted by Crippen LogP contribution is 2.37. The van der Waals surface area contributed by atoms with E-state index in [-0.39, 0.29) is 5.97 Å². The molecule has 156 valence electrons. The Morgan fingerprint density at radius 1 is 1.07 bits per heavy atom. The molecule has 3 rings (SSSR count). The first-order chi connectivity index (χ1) is 13.7. The smallest absolute Gasteiger partial charge is 0.316 e. The van der Waals surface area contributed by atoms with Crippen LogP contribution in [0.3, 0.4) is 0 Å². The van der Waals surface area contributed by atoms with Gasteiger partial charge in [-0.05, 0) is 105 Å². The summed E-state index contributed by atoms with van der Waals surface area (Å²) in [6.07, 6.45) is 4.22. The van der Waals surface area contributed by atoms with E-state index in [9.17, 15) is 4.79 Å². The molecule has 0 heterocycles. The van der Waals surface area contributed by atoms with Crippen LogP contribution in [0.2, 0.25) is 0 Å². The normalized spacial score (nSPS) is 16.4. The topological polar surface area (TPSA) is 35.5 Å². The van der Waals surface area contributed by atoms with Gasteiger partial charge >= 0.3 is 5.97 Å². The van der Waals surface area contributed by atoms with Crippen LogP contribution in [0.1, 0.15) is 69.2 Å². The maximum atomic E-state index is 12.2. The largest absolute Gasteiger partial charge is 0.497 e. The molecule has 0 amide bonds. The van der Waals surface area contributed by atoms with E-state index in [0.717, 1.165) is 31.4 Å². The number of rotatable bonds is 5. The highest BCUT2D eigenvalue weighted by molar-refractivity contribution is 5.77. The number of fused-ring (bicyclic) bond motifs is 1. The molecule has 1 aliphatic carbocycles. The van der Waals surface area contributed by atoms with Gasteiger partial charge in [-0.15, -0.1) is 0 Å². The van der Waals surface area contributed by atoms with Gasteiger partial charge in [-0.2, -0.15) is 0 Å². The van der Waals surface area contributed by atoms with Crippen LogP contribution in [0.25, 0.3) is 0 Å². The predicted octanol–water partition coefficient (Wildman–Crippen LogP) is 6.12. The molecule has 0 spiro atoms. The highest BCUT2D eigenvalue weighted by atomic mass is 16.5. The fourth-order valence-electron chi connectivity index (χ4n) is 4.04. The number of methoxy groups -OCH3 is 1. The second-order valence-corrected chi connectivity index (χ2v) is 9.67. The minimum atomic E-state index is -0.498. The van der Waals surface area contributed by atoms with Crippen molar-refractivity contribution in [3.63, 3.8) is 0 Å². The van der Waals surface area contributed by atoms with Crippen LogP contribution in [-0.4, -0.2) is 13.1 Å². The van der Waals surface area contributed by atoms with Gasteiger partial charge in [-0.3, -0.25) is 4.79 Å². The minimum absolute atomic E-state index is 0.192. The number of hydrogen-bond donors (Lipinski definition) is 0. The standard InChI is InChI=1S/C26H34O3/c1-17(2)13-21-16-22(28-6)11-12-24(21)20-8-7-19-15-23(10-9-18(19)14-20)29-25(27)26(3,4)5/h9-12,15-17,20H,7-8,13-14H2,1-6H3. The zero-order valence-electron chi connectivity index (χ0n) is 18.7. The first kappa shape index (κ1) is 21.4. The lowest BCUT2D eigenvalue weighted by Gasteiger charge is -2.28. The van der Waals surface area contributed by atoms with Gasteiger partial charge in [0.1, 0.15) is 11.5 Å². The maximum absolute atomic E-state index is 12.2. The molecule has 0 radical (unpaired) electrons.